The van der Waals surface area contributed by atoms with Crippen LogP contribution in [0.1, 0.15) is 29.0 Å². The summed E-state index contributed by atoms with van der Waals surface area (Å²) in [6.45, 7) is 1.16. The fourth-order valence-electron chi connectivity index (χ4n) is 1.81. The van der Waals surface area contributed by atoms with Crippen molar-refractivity contribution < 1.29 is 24.1 Å². The summed E-state index contributed by atoms with van der Waals surface area (Å²) < 4.78 is 16.0. The molecule has 23 heavy (non-hydrogen) atoms. The Labute approximate surface area is 132 Å². The molecule has 0 saturated carbocycles. The lowest BCUT2D eigenvalue weighted by Crippen LogP contribution is -2.06. The van der Waals surface area contributed by atoms with Gasteiger partial charge in [-0.3, -0.25) is 0 Å². The van der Waals surface area contributed by atoms with Crippen LogP contribution in [0, 0.1) is 0 Å². The molecule has 2 rings (SSSR count). The molecule has 9 nitrogen and oxygen atoms in total. The third-order valence-electron chi connectivity index (χ3n) is 2.94. The molecule has 1 heterocycles. The Balaban J connectivity index is 1.98. The largest absolute Gasteiger partial charge is 0.493 e. The SMILES string of the molecule is COCCCCOc1cc(OCc2nn[nH]n2)ccc1C(=O)O. The molecule has 9 heteroatoms. The van der Waals surface area contributed by atoms with E-state index in [1.54, 1.807) is 19.2 Å². The molecule has 1 aromatic carbocycles. The number of benzene rings is 1. The van der Waals surface area contributed by atoms with Crippen LogP contribution in [-0.2, 0) is 11.3 Å². The molecule has 124 valence electrons. The molecule has 1 aromatic heterocycles. The number of methoxy groups -OCH3 is 1. The standard InChI is InChI=1S/C14H18N4O5/c1-21-6-2-3-7-22-12-8-10(4-5-11(12)14(19)20)23-9-13-15-17-18-16-13/h4-5,8H,2-3,6-7,9H2,1H3,(H,19,20)(H,15,16,17,18). The highest BCUT2D eigenvalue weighted by molar-refractivity contribution is 5.91. The number of hydrogen-bond donors (Lipinski definition) is 2. The number of aromatic carboxylic acids is 1. The topological polar surface area (TPSA) is 119 Å². The lowest BCUT2D eigenvalue weighted by atomic mass is 10.2. The second-order valence-corrected chi connectivity index (χ2v) is 4.63. The number of tetrazole rings is 1. The lowest BCUT2D eigenvalue weighted by molar-refractivity contribution is 0.0692. The van der Waals surface area contributed by atoms with Gasteiger partial charge in [0.25, 0.3) is 0 Å². The fourth-order valence-corrected chi connectivity index (χ4v) is 1.81. The molecule has 0 fully saturated rings. The number of aromatic nitrogens is 4. The summed E-state index contributed by atoms with van der Waals surface area (Å²) in [5.74, 6) is 0.0724. The van der Waals surface area contributed by atoms with Crippen LogP contribution in [0.3, 0.4) is 0 Å². The zero-order valence-electron chi connectivity index (χ0n) is 12.7. The Hall–Kier alpha value is -2.68. The second kappa shape index (κ2) is 8.69. The predicted octanol–water partition coefficient (Wildman–Crippen LogP) is 1.28. The number of aromatic amines is 1. The first-order valence-electron chi connectivity index (χ1n) is 7.05. The smallest absolute Gasteiger partial charge is 0.339 e. The lowest BCUT2D eigenvalue weighted by Gasteiger charge is -2.11. The van der Waals surface area contributed by atoms with Crippen molar-refractivity contribution in [2.24, 2.45) is 0 Å². The van der Waals surface area contributed by atoms with Gasteiger partial charge in [-0.25, -0.2) is 4.79 Å². The number of carboxylic acids is 1. The third-order valence-corrected chi connectivity index (χ3v) is 2.94. The second-order valence-electron chi connectivity index (χ2n) is 4.63. The first kappa shape index (κ1) is 16.7. The van der Waals surface area contributed by atoms with Crippen molar-refractivity contribution in [1.29, 1.82) is 0 Å². The minimum atomic E-state index is -1.05. The summed E-state index contributed by atoms with van der Waals surface area (Å²) in [5, 5.41) is 22.5. The van der Waals surface area contributed by atoms with E-state index in [2.05, 4.69) is 20.6 Å². The van der Waals surface area contributed by atoms with Gasteiger partial charge in [0.15, 0.2) is 6.61 Å². The van der Waals surface area contributed by atoms with Gasteiger partial charge in [-0.05, 0) is 25.0 Å². The van der Waals surface area contributed by atoms with Crippen LogP contribution in [0.4, 0.5) is 0 Å². The van der Waals surface area contributed by atoms with Crippen molar-refractivity contribution in [3.05, 3.63) is 29.6 Å². The maximum atomic E-state index is 11.2. The Morgan fingerprint density at radius 1 is 1.26 bits per heavy atom. The number of carboxylic acid groups (broad SMARTS) is 1. The maximum Gasteiger partial charge on any atom is 0.339 e. The highest BCUT2D eigenvalue weighted by Crippen LogP contribution is 2.25. The average Bonchev–Trinajstić information content (AvgIpc) is 3.06. The molecule has 0 aliphatic carbocycles. The molecule has 0 atom stereocenters. The van der Waals surface area contributed by atoms with E-state index in [1.807, 2.05) is 0 Å². The predicted molar refractivity (Wildman–Crippen MR) is 78.5 cm³/mol. The molecular weight excluding hydrogens is 304 g/mol. The van der Waals surface area contributed by atoms with Gasteiger partial charge in [0.1, 0.15) is 17.1 Å². The van der Waals surface area contributed by atoms with Gasteiger partial charge in [0, 0.05) is 19.8 Å². The number of rotatable bonds is 10. The first-order chi connectivity index (χ1) is 11.2. The molecule has 0 spiro atoms. The zero-order valence-corrected chi connectivity index (χ0v) is 12.7. The zero-order chi connectivity index (χ0) is 16.5. The fraction of sp³-hybridized carbons (Fsp3) is 0.429. The highest BCUT2D eigenvalue weighted by Gasteiger charge is 2.13. The van der Waals surface area contributed by atoms with Crippen LogP contribution in [0.5, 0.6) is 11.5 Å². The van der Waals surface area contributed by atoms with Crippen LogP contribution < -0.4 is 9.47 Å². The van der Waals surface area contributed by atoms with Crippen LogP contribution in [0.2, 0.25) is 0 Å². The summed E-state index contributed by atoms with van der Waals surface area (Å²) in [6, 6.07) is 4.54. The molecule has 0 aliphatic rings. The van der Waals surface area contributed by atoms with E-state index in [9.17, 15) is 9.90 Å². The van der Waals surface area contributed by atoms with Crippen molar-refractivity contribution in [1.82, 2.24) is 20.6 Å². The summed E-state index contributed by atoms with van der Waals surface area (Å²) in [5.41, 5.74) is 0.0867. The van der Waals surface area contributed by atoms with Gasteiger partial charge in [-0.2, -0.15) is 5.21 Å². The van der Waals surface area contributed by atoms with Gasteiger partial charge < -0.3 is 19.3 Å². The minimum Gasteiger partial charge on any atom is -0.493 e. The van der Waals surface area contributed by atoms with Crippen LogP contribution in [-0.4, -0.2) is 52.0 Å². The summed E-state index contributed by atoms with van der Waals surface area (Å²) in [4.78, 5) is 11.2. The van der Waals surface area contributed by atoms with Crippen molar-refractivity contribution in [2.75, 3.05) is 20.3 Å². The molecule has 0 radical (unpaired) electrons. The van der Waals surface area contributed by atoms with E-state index >= 15 is 0 Å². The van der Waals surface area contributed by atoms with E-state index in [0.717, 1.165) is 12.8 Å². The Morgan fingerprint density at radius 2 is 2.09 bits per heavy atom. The number of H-pyrrole nitrogens is 1. The van der Waals surface area contributed by atoms with Crippen LogP contribution in [0.15, 0.2) is 18.2 Å². The van der Waals surface area contributed by atoms with E-state index in [1.165, 1.54) is 6.07 Å². The normalized spacial score (nSPS) is 10.5. The molecule has 0 bridgehead atoms. The molecule has 2 aromatic rings. The average molecular weight is 322 g/mol. The Bertz CT molecular complexity index is 618. The first-order valence-corrected chi connectivity index (χ1v) is 7.05. The number of nitrogens with zero attached hydrogens (tertiary/aromatic N) is 3. The van der Waals surface area contributed by atoms with Gasteiger partial charge in [-0.15, -0.1) is 10.2 Å². The highest BCUT2D eigenvalue weighted by atomic mass is 16.5. The number of carbonyl (C=O) groups is 1. The van der Waals surface area contributed by atoms with E-state index < -0.39 is 5.97 Å². The number of unbranched alkanes of at least 4 members (excludes halogenated alkanes) is 1. The monoisotopic (exact) mass is 322 g/mol. The summed E-state index contributed by atoms with van der Waals surface area (Å²) >= 11 is 0. The Morgan fingerprint density at radius 3 is 2.78 bits per heavy atom. The molecular formula is C14H18N4O5. The summed E-state index contributed by atoms with van der Waals surface area (Å²) in [6.07, 6.45) is 1.60. The molecule has 0 amide bonds. The van der Waals surface area contributed by atoms with Gasteiger partial charge in [0.2, 0.25) is 5.82 Å². The van der Waals surface area contributed by atoms with Crippen molar-refractivity contribution in [2.45, 2.75) is 19.4 Å². The van der Waals surface area contributed by atoms with E-state index in [-0.39, 0.29) is 17.9 Å². The van der Waals surface area contributed by atoms with Crippen molar-refractivity contribution >= 4 is 5.97 Å². The van der Waals surface area contributed by atoms with Crippen molar-refractivity contribution in [3.8, 4) is 11.5 Å². The van der Waals surface area contributed by atoms with E-state index in [0.29, 0.717) is 24.8 Å². The maximum absolute atomic E-state index is 11.2. The number of nitrogens with one attached hydrogen (secondary N) is 1. The van der Waals surface area contributed by atoms with Crippen molar-refractivity contribution in [3.63, 3.8) is 0 Å². The van der Waals surface area contributed by atoms with Crippen LogP contribution >= 0.6 is 0 Å². The quantitative estimate of drug-likeness (QED) is 0.628. The van der Waals surface area contributed by atoms with Gasteiger partial charge in [0.05, 0.1) is 6.61 Å². The van der Waals surface area contributed by atoms with Gasteiger partial charge >= 0.3 is 5.97 Å². The minimum absolute atomic E-state index is 0.0867. The van der Waals surface area contributed by atoms with Crippen LogP contribution in [0.25, 0.3) is 0 Å². The number of hydrogen-bond acceptors (Lipinski definition) is 7. The molecule has 2 N–H and O–H groups in total. The third kappa shape index (κ3) is 5.22. The molecule has 0 unspecified atom stereocenters. The molecule has 0 saturated heterocycles. The van der Waals surface area contributed by atoms with E-state index in [4.69, 9.17) is 14.2 Å². The summed E-state index contributed by atoms with van der Waals surface area (Å²) in [7, 11) is 1.63. The number of ether oxygens (including phenoxy) is 3. The van der Waals surface area contributed by atoms with Gasteiger partial charge in [-0.1, -0.05) is 5.21 Å². The molecule has 0 aliphatic heterocycles. The Kier molecular flexibility index (Phi) is 6.30.